The molecule has 2 atom stereocenters. The summed E-state index contributed by atoms with van der Waals surface area (Å²) in [6.45, 7) is 2.44. The molecule has 0 radical (unpaired) electrons. The minimum atomic E-state index is -0.113. The molecule has 2 unspecified atom stereocenters. The lowest BCUT2D eigenvalue weighted by Crippen LogP contribution is -2.27. The van der Waals surface area contributed by atoms with Crippen LogP contribution in [0.25, 0.3) is 0 Å². The van der Waals surface area contributed by atoms with Crippen LogP contribution in [0.5, 0.6) is 0 Å². The van der Waals surface area contributed by atoms with Crippen molar-refractivity contribution in [3.63, 3.8) is 0 Å². The van der Waals surface area contributed by atoms with Gasteiger partial charge in [-0.05, 0) is 24.5 Å². The van der Waals surface area contributed by atoms with Crippen LogP contribution in [0.15, 0.2) is 18.3 Å². The van der Waals surface area contributed by atoms with E-state index in [4.69, 9.17) is 5.73 Å². The van der Waals surface area contributed by atoms with Gasteiger partial charge in [-0.2, -0.15) is 0 Å². The van der Waals surface area contributed by atoms with Crippen LogP contribution in [0.3, 0.4) is 0 Å². The number of nitrogens with two attached hydrogens (primary N) is 1. The van der Waals surface area contributed by atoms with Gasteiger partial charge in [0.2, 0.25) is 0 Å². The van der Waals surface area contributed by atoms with E-state index in [1.54, 1.807) is 18.3 Å². The number of amides is 1. The maximum atomic E-state index is 11.7. The summed E-state index contributed by atoms with van der Waals surface area (Å²) in [5.41, 5.74) is 6.47. The molecule has 1 aliphatic rings. The van der Waals surface area contributed by atoms with Gasteiger partial charge in [0.05, 0.1) is 6.54 Å². The number of nitrogens with zero attached hydrogens (tertiary/aromatic N) is 1. The Kier molecular flexibility index (Phi) is 3.40. The first-order chi connectivity index (χ1) is 8.20. The highest BCUT2D eigenvalue weighted by Gasteiger charge is 2.34. The summed E-state index contributed by atoms with van der Waals surface area (Å²) in [7, 11) is 0. The van der Waals surface area contributed by atoms with E-state index in [1.165, 1.54) is 0 Å². The molecule has 1 fully saturated rings. The maximum Gasteiger partial charge on any atom is 0.270 e. The molecule has 1 aromatic rings. The van der Waals surface area contributed by atoms with Gasteiger partial charge in [0.15, 0.2) is 0 Å². The zero-order valence-electron chi connectivity index (χ0n) is 9.73. The fourth-order valence-corrected chi connectivity index (χ4v) is 1.52. The zero-order valence-corrected chi connectivity index (χ0v) is 9.73. The molecular formula is C13H15N3O. The van der Waals surface area contributed by atoms with Gasteiger partial charge < -0.3 is 11.1 Å². The van der Waals surface area contributed by atoms with E-state index in [1.807, 2.05) is 0 Å². The summed E-state index contributed by atoms with van der Waals surface area (Å²) in [6.07, 6.45) is 2.65. The fraction of sp³-hybridized carbons (Fsp3) is 0.385. The predicted molar refractivity (Wildman–Crippen MR) is 65.2 cm³/mol. The third-order valence-corrected chi connectivity index (χ3v) is 2.76. The van der Waals surface area contributed by atoms with Crippen LogP contribution in [-0.2, 0) is 0 Å². The first-order valence-electron chi connectivity index (χ1n) is 5.66. The van der Waals surface area contributed by atoms with Crippen molar-refractivity contribution in [3.8, 4) is 11.8 Å². The highest BCUT2D eigenvalue weighted by atomic mass is 16.2. The molecule has 1 saturated carbocycles. The van der Waals surface area contributed by atoms with Gasteiger partial charge in [-0.1, -0.05) is 18.8 Å². The predicted octanol–water partition coefficient (Wildman–Crippen LogP) is 0.530. The monoisotopic (exact) mass is 229 g/mol. The van der Waals surface area contributed by atoms with Crippen LogP contribution in [0.2, 0.25) is 0 Å². The molecule has 0 saturated heterocycles. The lowest BCUT2D eigenvalue weighted by atomic mass is 10.2. The standard InChI is InChI=1S/C13H15N3O/c1-9-7-12(9)16-13(17)11-5-4-10(8-15-11)3-2-6-14/h4-5,8-9,12H,6-7,14H2,1H3,(H,16,17). The fourth-order valence-electron chi connectivity index (χ4n) is 1.52. The molecule has 1 aromatic heterocycles. The molecule has 4 nitrogen and oxygen atoms in total. The van der Waals surface area contributed by atoms with Crippen LogP contribution < -0.4 is 11.1 Å². The molecule has 0 aliphatic heterocycles. The molecule has 1 heterocycles. The number of rotatable bonds is 2. The van der Waals surface area contributed by atoms with E-state index >= 15 is 0 Å². The molecule has 1 amide bonds. The summed E-state index contributed by atoms with van der Waals surface area (Å²) in [4.78, 5) is 15.8. The van der Waals surface area contributed by atoms with Crippen molar-refractivity contribution in [2.75, 3.05) is 6.54 Å². The highest BCUT2D eigenvalue weighted by molar-refractivity contribution is 5.92. The summed E-state index contributed by atoms with van der Waals surface area (Å²) in [5, 5.41) is 2.93. The molecular weight excluding hydrogens is 214 g/mol. The van der Waals surface area contributed by atoms with E-state index in [0.717, 1.165) is 12.0 Å². The first kappa shape index (κ1) is 11.6. The Bertz CT molecular complexity index is 470. The average Bonchev–Trinajstić information content (AvgIpc) is 3.03. The molecule has 17 heavy (non-hydrogen) atoms. The van der Waals surface area contributed by atoms with E-state index in [9.17, 15) is 4.79 Å². The minimum absolute atomic E-state index is 0.113. The Labute approximate surface area is 101 Å². The van der Waals surface area contributed by atoms with Gasteiger partial charge in [-0.25, -0.2) is 4.98 Å². The molecule has 88 valence electrons. The van der Waals surface area contributed by atoms with Crippen molar-refractivity contribution in [1.29, 1.82) is 0 Å². The summed E-state index contributed by atoms with van der Waals surface area (Å²) in [5.74, 6) is 6.08. The lowest BCUT2D eigenvalue weighted by Gasteiger charge is -2.02. The van der Waals surface area contributed by atoms with Crippen molar-refractivity contribution in [3.05, 3.63) is 29.6 Å². The normalized spacial score (nSPS) is 21.3. The van der Waals surface area contributed by atoms with Crippen LogP contribution in [0, 0.1) is 17.8 Å². The average molecular weight is 229 g/mol. The van der Waals surface area contributed by atoms with Gasteiger partial charge in [0, 0.05) is 17.8 Å². The quantitative estimate of drug-likeness (QED) is 0.727. The number of hydrogen-bond donors (Lipinski definition) is 2. The number of hydrogen-bond acceptors (Lipinski definition) is 3. The Balaban J connectivity index is 1.99. The Hall–Kier alpha value is -1.86. The number of carbonyl (C=O) groups is 1. The summed E-state index contributed by atoms with van der Waals surface area (Å²) < 4.78 is 0. The maximum absolute atomic E-state index is 11.7. The van der Waals surface area contributed by atoms with Gasteiger partial charge >= 0.3 is 0 Å². The van der Waals surface area contributed by atoms with E-state index in [-0.39, 0.29) is 5.91 Å². The molecule has 3 N–H and O–H groups in total. The molecule has 0 aromatic carbocycles. The molecule has 1 aliphatic carbocycles. The van der Waals surface area contributed by atoms with Crippen molar-refractivity contribution in [2.24, 2.45) is 11.7 Å². The van der Waals surface area contributed by atoms with Crippen LogP contribution in [-0.4, -0.2) is 23.5 Å². The number of nitrogens with one attached hydrogen (secondary N) is 1. The van der Waals surface area contributed by atoms with Gasteiger partial charge in [-0.15, -0.1) is 0 Å². The number of carbonyl (C=O) groups excluding carboxylic acids is 1. The van der Waals surface area contributed by atoms with Crippen LogP contribution >= 0.6 is 0 Å². The number of aromatic nitrogens is 1. The number of pyridine rings is 1. The minimum Gasteiger partial charge on any atom is -0.348 e. The highest BCUT2D eigenvalue weighted by Crippen LogP contribution is 2.29. The molecule has 0 bridgehead atoms. The Morgan fingerprint density at radius 1 is 1.65 bits per heavy atom. The topological polar surface area (TPSA) is 68.0 Å². The molecule has 4 heteroatoms. The second-order valence-electron chi connectivity index (χ2n) is 4.23. The summed E-state index contributed by atoms with van der Waals surface area (Å²) in [6, 6.07) is 3.78. The largest absolute Gasteiger partial charge is 0.348 e. The van der Waals surface area contributed by atoms with Crippen molar-refractivity contribution in [1.82, 2.24) is 10.3 Å². The van der Waals surface area contributed by atoms with Crippen LogP contribution in [0.1, 0.15) is 29.4 Å². The zero-order chi connectivity index (χ0) is 12.3. The van der Waals surface area contributed by atoms with Crippen molar-refractivity contribution in [2.45, 2.75) is 19.4 Å². The SMILES string of the molecule is CC1CC1NC(=O)c1ccc(C#CCN)cn1. The van der Waals surface area contributed by atoms with Gasteiger partial charge in [0.25, 0.3) is 5.91 Å². The van der Waals surface area contributed by atoms with Gasteiger partial charge in [-0.3, -0.25) is 4.79 Å². The van der Waals surface area contributed by atoms with Crippen molar-refractivity contribution < 1.29 is 4.79 Å². The van der Waals surface area contributed by atoms with Crippen LogP contribution in [0.4, 0.5) is 0 Å². The third-order valence-electron chi connectivity index (χ3n) is 2.76. The second kappa shape index (κ2) is 4.98. The Morgan fingerprint density at radius 2 is 2.41 bits per heavy atom. The third kappa shape index (κ3) is 3.05. The second-order valence-corrected chi connectivity index (χ2v) is 4.23. The van der Waals surface area contributed by atoms with E-state index in [0.29, 0.717) is 24.2 Å². The molecule has 0 spiro atoms. The van der Waals surface area contributed by atoms with E-state index in [2.05, 4.69) is 29.1 Å². The summed E-state index contributed by atoms with van der Waals surface area (Å²) >= 11 is 0. The lowest BCUT2D eigenvalue weighted by molar-refractivity contribution is 0.0944. The Morgan fingerprint density at radius 3 is 2.94 bits per heavy atom. The van der Waals surface area contributed by atoms with Gasteiger partial charge in [0.1, 0.15) is 5.69 Å². The first-order valence-corrected chi connectivity index (χ1v) is 5.66. The van der Waals surface area contributed by atoms with E-state index < -0.39 is 0 Å². The smallest absolute Gasteiger partial charge is 0.270 e. The van der Waals surface area contributed by atoms with Crippen molar-refractivity contribution >= 4 is 5.91 Å². The molecule has 2 rings (SSSR count).